The van der Waals surface area contributed by atoms with Crippen LogP contribution in [0.15, 0.2) is 0 Å². The van der Waals surface area contributed by atoms with Gasteiger partial charge in [0.05, 0.1) is 0 Å². The van der Waals surface area contributed by atoms with Gasteiger partial charge in [0.2, 0.25) is 0 Å². The smallest absolute Gasteiger partial charge is 0.0223 e. The monoisotopic (exact) mass is 208 g/mol. The molecule has 3 rings (SSSR count). The molecule has 0 aromatic rings. The second-order valence-electron chi connectivity index (χ2n) is 5.74. The Labute approximate surface area is 93.6 Å². The second-order valence-corrected chi connectivity index (χ2v) is 5.74. The maximum Gasteiger partial charge on any atom is 0.0223 e. The Morgan fingerprint density at radius 3 is 2.33 bits per heavy atom. The molecule has 2 nitrogen and oxygen atoms in total. The lowest BCUT2D eigenvalue weighted by molar-refractivity contribution is 0.186. The summed E-state index contributed by atoms with van der Waals surface area (Å²) >= 11 is 0. The molecule has 0 N–H and O–H groups in total. The first kappa shape index (κ1) is 10.1. The molecule has 0 amide bonds. The quantitative estimate of drug-likeness (QED) is 0.697. The molecule has 2 heterocycles. The van der Waals surface area contributed by atoms with Crippen molar-refractivity contribution in [3.05, 3.63) is 0 Å². The van der Waals surface area contributed by atoms with Gasteiger partial charge in [-0.2, -0.15) is 0 Å². The molecule has 1 saturated carbocycles. The number of hydrogen-bond acceptors (Lipinski definition) is 2. The number of likely N-dealkylation sites (tertiary alicyclic amines) is 2. The summed E-state index contributed by atoms with van der Waals surface area (Å²) in [5.74, 6) is 1.07. The molecule has 1 aliphatic carbocycles. The van der Waals surface area contributed by atoms with E-state index in [2.05, 4.69) is 9.80 Å². The molecule has 2 saturated heterocycles. The topological polar surface area (TPSA) is 6.48 Å². The Morgan fingerprint density at radius 1 is 0.800 bits per heavy atom. The van der Waals surface area contributed by atoms with Crippen molar-refractivity contribution in [2.24, 2.45) is 5.92 Å². The summed E-state index contributed by atoms with van der Waals surface area (Å²) in [6.07, 6.45) is 8.80. The zero-order chi connectivity index (χ0) is 10.1. The van der Waals surface area contributed by atoms with Crippen molar-refractivity contribution in [2.75, 3.05) is 32.7 Å². The van der Waals surface area contributed by atoms with Gasteiger partial charge in [-0.25, -0.2) is 0 Å². The fourth-order valence-electron chi connectivity index (χ4n) is 3.24. The lowest BCUT2D eigenvalue weighted by Crippen LogP contribution is -2.40. The molecule has 3 aliphatic rings. The summed E-state index contributed by atoms with van der Waals surface area (Å²) in [5, 5.41) is 0. The molecule has 2 aliphatic heterocycles. The minimum atomic E-state index is 0.906. The zero-order valence-electron chi connectivity index (χ0n) is 9.83. The van der Waals surface area contributed by atoms with Crippen LogP contribution in [0.2, 0.25) is 0 Å². The average Bonchev–Trinajstić information content (AvgIpc) is 2.75. The summed E-state index contributed by atoms with van der Waals surface area (Å²) < 4.78 is 0. The zero-order valence-corrected chi connectivity index (χ0v) is 9.83. The van der Waals surface area contributed by atoms with Crippen molar-refractivity contribution in [3.8, 4) is 0 Å². The van der Waals surface area contributed by atoms with Crippen LogP contribution >= 0.6 is 0 Å². The van der Waals surface area contributed by atoms with Crippen molar-refractivity contribution in [3.63, 3.8) is 0 Å². The van der Waals surface area contributed by atoms with Crippen molar-refractivity contribution in [2.45, 2.75) is 44.6 Å². The van der Waals surface area contributed by atoms with Gasteiger partial charge in [-0.15, -0.1) is 0 Å². The van der Waals surface area contributed by atoms with E-state index in [4.69, 9.17) is 0 Å². The molecule has 0 radical (unpaired) electrons. The standard InChI is InChI=1S/C13H24N2/c1-2-8-14(7-1)11-13-4-3-9-15(13)10-12-5-6-12/h12-13H,1-11H2/t13-/m1/s1. The predicted molar refractivity (Wildman–Crippen MR) is 63.0 cm³/mol. The van der Waals surface area contributed by atoms with E-state index in [1.165, 1.54) is 71.2 Å². The number of hydrogen-bond donors (Lipinski definition) is 0. The van der Waals surface area contributed by atoms with Gasteiger partial charge in [0.15, 0.2) is 0 Å². The van der Waals surface area contributed by atoms with E-state index < -0.39 is 0 Å². The minimum absolute atomic E-state index is 0.906. The highest BCUT2D eigenvalue weighted by molar-refractivity contribution is 4.87. The van der Waals surface area contributed by atoms with Crippen LogP contribution in [0.5, 0.6) is 0 Å². The molecule has 0 aromatic carbocycles. The highest BCUT2D eigenvalue weighted by atomic mass is 15.2. The van der Waals surface area contributed by atoms with Crippen LogP contribution in [0.25, 0.3) is 0 Å². The van der Waals surface area contributed by atoms with E-state index in [1.54, 1.807) is 0 Å². The van der Waals surface area contributed by atoms with Crippen molar-refractivity contribution < 1.29 is 0 Å². The highest BCUT2D eigenvalue weighted by Gasteiger charge is 2.32. The van der Waals surface area contributed by atoms with Crippen LogP contribution in [0.3, 0.4) is 0 Å². The van der Waals surface area contributed by atoms with E-state index in [-0.39, 0.29) is 0 Å². The van der Waals surface area contributed by atoms with Gasteiger partial charge in [0.25, 0.3) is 0 Å². The van der Waals surface area contributed by atoms with Gasteiger partial charge in [-0.1, -0.05) is 0 Å². The second kappa shape index (κ2) is 4.42. The SMILES string of the molecule is C1CCN(C[C@H]2CCCN2CC2CC2)C1. The Balaban J connectivity index is 1.49. The molecule has 2 heteroatoms. The maximum absolute atomic E-state index is 2.79. The third kappa shape index (κ3) is 2.54. The summed E-state index contributed by atoms with van der Waals surface area (Å²) in [5.41, 5.74) is 0. The third-order valence-electron chi connectivity index (χ3n) is 4.36. The van der Waals surface area contributed by atoms with E-state index in [0.717, 1.165) is 12.0 Å². The Morgan fingerprint density at radius 2 is 1.60 bits per heavy atom. The fourth-order valence-corrected chi connectivity index (χ4v) is 3.24. The average molecular weight is 208 g/mol. The molecule has 0 aromatic heterocycles. The van der Waals surface area contributed by atoms with Crippen molar-refractivity contribution in [1.82, 2.24) is 9.80 Å². The number of rotatable bonds is 4. The molecule has 1 atom stereocenters. The maximum atomic E-state index is 2.79. The first-order valence-corrected chi connectivity index (χ1v) is 6.88. The van der Waals surface area contributed by atoms with Gasteiger partial charge in [0.1, 0.15) is 0 Å². The summed E-state index contributed by atoms with van der Waals surface area (Å²) in [6, 6.07) is 0.906. The molecule has 0 unspecified atom stereocenters. The molecule has 3 fully saturated rings. The van der Waals surface area contributed by atoms with E-state index in [1.807, 2.05) is 0 Å². The Kier molecular flexibility index (Phi) is 2.98. The first-order valence-electron chi connectivity index (χ1n) is 6.88. The summed E-state index contributed by atoms with van der Waals surface area (Å²) in [4.78, 5) is 5.48. The van der Waals surface area contributed by atoms with Gasteiger partial charge in [-0.3, -0.25) is 4.90 Å². The van der Waals surface area contributed by atoms with Crippen LogP contribution in [-0.2, 0) is 0 Å². The van der Waals surface area contributed by atoms with E-state index in [0.29, 0.717) is 0 Å². The lowest BCUT2D eigenvalue weighted by Gasteiger charge is -2.28. The highest BCUT2D eigenvalue weighted by Crippen LogP contribution is 2.32. The largest absolute Gasteiger partial charge is 0.302 e. The molecular weight excluding hydrogens is 184 g/mol. The van der Waals surface area contributed by atoms with Crippen LogP contribution in [0.1, 0.15) is 38.5 Å². The normalized spacial score (nSPS) is 34.0. The van der Waals surface area contributed by atoms with Crippen LogP contribution < -0.4 is 0 Å². The van der Waals surface area contributed by atoms with Gasteiger partial charge in [0, 0.05) is 19.1 Å². The predicted octanol–water partition coefficient (Wildman–Crippen LogP) is 1.96. The third-order valence-corrected chi connectivity index (χ3v) is 4.36. The molecular formula is C13H24N2. The number of nitrogens with zero attached hydrogens (tertiary/aromatic N) is 2. The van der Waals surface area contributed by atoms with Crippen LogP contribution in [0.4, 0.5) is 0 Å². The van der Waals surface area contributed by atoms with Crippen molar-refractivity contribution in [1.29, 1.82) is 0 Å². The van der Waals surface area contributed by atoms with Crippen molar-refractivity contribution >= 4 is 0 Å². The molecule has 15 heavy (non-hydrogen) atoms. The molecule has 86 valence electrons. The van der Waals surface area contributed by atoms with Gasteiger partial charge >= 0.3 is 0 Å². The van der Waals surface area contributed by atoms with E-state index in [9.17, 15) is 0 Å². The lowest BCUT2D eigenvalue weighted by atomic mass is 10.2. The van der Waals surface area contributed by atoms with Crippen LogP contribution in [0, 0.1) is 5.92 Å². The summed E-state index contributed by atoms with van der Waals surface area (Å²) in [6.45, 7) is 6.90. The van der Waals surface area contributed by atoms with Gasteiger partial charge < -0.3 is 4.90 Å². The summed E-state index contributed by atoms with van der Waals surface area (Å²) in [7, 11) is 0. The Bertz CT molecular complexity index is 207. The van der Waals surface area contributed by atoms with Gasteiger partial charge in [-0.05, 0) is 64.1 Å². The fraction of sp³-hybridized carbons (Fsp3) is 1.00. The van der Waals surface area contributed by atoms with E-state index >= 15 is 0 Å². The minimum Gasteiger partial charge on any atom is -0.302 e. The Hall–Kier alpha value is -0.0800. The first-order chi connectivity index (χ1) is 7.42. The molecule has 0 bridgehead atoms. The molecule has 0 spiro atoms. The van der Waals surface area contributed by atoms with Crippen LogP contribution in [-0.4, -0.2) is 48.6 Å².